The molecule has 1 N–H and O–H groups in total. The van der Waals surface area contributed by atoms with Crippen molar-refractivity contribution in [3.05, 3.63) is 54.3 Å². The fourth-order valence-corrected chi connectivity index (χ4v) is 2.50. The van der Waals surface area contributed by atoms with Crippen molar-refractivity contribution in [2.24, 2.45) is 5.92 Å². The Balaban J connectivity index is 1.53. The summed E-state index contributed by atoms with van der Waals surface area (Å²) in [6.45, 7) is 0.384. The summed E-state index contributed by atoms with van der Waals surface area (Å²) < 4.78 is 5.26. The van der Waals surface area contributed by atoms with Gasteiger partial charge in [-0.3, -0.25) is 4.79 Å². The summed E-state index contributed by atoms with van der Waals surface area (Å²) in [5, 5.41) is 6.91. The minimum absolute atomic E-state index is 0.0595. The third-order valence-electron chi connectivity index (χ3n) is 3.65. The number of benzene rings is 1. The van der Waals surface area contributed by atoms with Crippen molar-refractivity contribution in [2.75, 3.05) is 0 Å². The molecule has 4 heteroatoms. The second-order valence-electron chi connectivity index (χ2n) is 5.29. The summed E-state index contributed by atoms with van der Waals surface area (Å²) >= 11 is 0. The summed E-state index contributed by atoms with van der Waals surface area (Å²) in [6, 6.07) is 11.7. The van der Waals surface area contributed by atoms with E-state index < -0.39 is 0 Å². The summed E-state index contributed by atoms with van der Waals surface area (Å²) in [4.78, 5) is 11.8. The van der Waals surface area contributed by atoms with E-state index >= 15 is 0 Å². The van der Waals surface area contributed by atoms with Crippen LogP contribution in [0.4, 0.5) is 0 Å². The van der Waals surface area contributed by atoms with Crippen molar-refractivity contribution >= 4 is 5.91 Å². The predicted molar refractivity (Wildman–Crippen MR) is 80.3 cm³/mol. The molecule has 2 aromatic rings. The lowest BCUT2D eigenvalue weighted by Gasteiger charge is -2.06. The molecule has 1 aliphatic rings. The Kier molecular flexibility index (Phi) is 4.15. The van der Waals surface area contributed by atoms with Gasteiger partial charge in [-0.15, -0.1) is 0 Å². The Labute approximate surface area is 123 Å². The molecule has 0 bridgehead atoms. The molecule has 1 amide bonds. The quantitative estimate of drug-likeness (QED) is 0.856. The van der Waals surface area contributed by atoms with Crippen LogP contribution < -0.4 is 5.32 Å². The zero-order valence-electron chi connectivity index (χ0n) is 11.8. The molecule has 1 heterocycles. The monoisotopic (exact) mass is 282 g/mol. The topological polar surface area (TPSA) is 55.1 Å². The smallest absolute Gasteiger partial charge is 0.220 e. The fourth-order valence-electron chi connectivity index (χ4n) is 2.50. The van der Waals surface area contributed by atoms with Gasteiger partial charge < -0.3 is 9.84 Å². The number of amides is 1. The molecule has 4 nitrogen and oxygen atoms in total. The van der Waals surface area contributed by atoms with Crippen molar-refractivity contribution in [3.8, 4) is 11.3 Å². The van der Waals surface area contributed by atoms with E-state index in [2.05, 4.69) is 22.6 Å². The SMILES string of the molecule is O=C(CC1C=CCC1)NCc1cc(-c2ccccc2)no1. The van der Waals surface area contributed by atoms with E-state index in [9.17, 15) is 4.79 Å². The van der Waals surface area contributed by atoms with E-state index in [0.29, 0.717) is 24.6 Å². The van der Waals surface area contributed by atoms with Crippen LogP contribution in [-0.4, -0.2) is 11.1 Å². The van der Waals surface area contributed by atoms with Crippen LogP contribution in [0, 0.1) is 5.92 Å². The first-order valence-corrected chi connectivity index (χ1v) is 7.25. The van der Waals surface area contributed by atoms with Crippen LogP contribution in [0.15, 0.2) is 53.1 Å². The highest BCUT2D eigenvalue weighted by molar-refractivity contribution is 5.76. The molecule has 0 radical (unpaired) electrons. The maximum atomic E-state index is 11.8. The molecule has 1 aromatic heterocycles. The summed E-state index contributed by atoms with van der Waals surface area (Å²) in [5.74, 6) is 1.12. The molecule has 1 atom stereocenters. The number of rotatable bonds is 5. The molecule has 1 aromatic carbocycles. The van der Waals surface area contributed by atoms with Gasteiger partial charge >= 0.3 is 0 Å². The first-order chi connectivity index (χ1) is 10.3. The molecule has 108 valence electrons. The average molecular weight is 282 g/mol. The summed E-state index contributed by atoms with van der Waals surface area (Å²) in [5.41, 5.74) is 1.80. The van der Waals surface area contributed by atoms with Gasteiger partial charge in [-0.1, -0.05) is 47.6 Å². The van der Waals surface area contributed by atoms with Crippen molar-refractivity contribution in [2.45, 2.75) is 25.8 Å². The molecular weight excluding hydrogens is 264 g/mol. The Morgan fingerprint density at radius 1 is 1.33 bits per heavy atom. The van der Waals surface area contributed by atoms with Crippen LogP contribution in [0.5, 0.6) is 0 Å². The molecule has 0 aliphatic heterocycles. The molecule has 1 unspecified atom stereocenters. The Bertz CT molecular complexity index is 631. The zero-order valence-corrected chi connectivity index (χ0v) is 11.8. The van der Waals surface area contributed by atoms with Crippen LogP contribution in [0.1, 0.15) is 25.0 Å². The maximum absolute atomic E-state index is 11.8. The van der Waals surface area contributed by atoms with E-state index in [1.807, 2.05) is 36.4 Å². The number of nitrogens with one attached hydrogen (secondary N) is 1. The maximum Gasteiger partial charge on any atom is 0.220 e. The van der Waals surface area contributed by atoms with Crippen LogP contribution in [0.25, 0.3) is 11.3 Å². The largest absolute Gasteiger partial charge is 0.359 e. The standard InChI is InChI=1S/C17H18N2O2/c20-17(10-13-6-4-5-7-13)18-12-15-11-16(19-21-15)14-8-2-1-3-9-14/h1-4,6,8-9,11,13H,5,7,10,12H2,(H,18,20). The van der Waals surface area contributed by atoms with Crippen molar-refractivity contribution in [3.63, 3.8) is 0 Å². The number of nitrogens with zero attached hydrogens (tertiary/aromatic N) is 1. The zero-order chi connectivity index (χ0) is 14.5. The fraction of sp³-hybridized carbons (Fsp3) is 0.294. The third kappa shape index (κ3) is 3.60. The average Bonchev–Trinajstić information content (AvgIpc) is 3.17. The molecule has 3 rings (SSSR count). The molecule has 0 spiro atoms. The van der Waals surface area contributed by atoms with Gasteiger partial charge in [0, 0.05) is 18.1 Å². The van der Waals surface area contributed by atoms with Crippen molar-refractivity contribution in [1.29, 1.82) is 0 Å². The molecule has 0 fully saturated rings. The Morgan fingerprint density at radius 3 is 2.95 bits per heavy atom. The van der Waals surface area contributed by atoms with Crippen LogP contribution >= 0.6 is 0 Å². The van der Waals surface area contributed by atoms with E-state index in [-0.39, 0.29) is 5.91 Å². The van der Waals surface area contributed by atoms with Gasteiger partial charge in [0.15, 0.2) is 5.76 Å². The Hall–Kier alpha value is -2.36. The van der Waals surface area contributed by atoms with Crippen LogP contribution in [0.2, 0.25) is 0 Å². The molecule has 0 saturated carbocycles. The number of carbonyl (C=O) groups excluding carboxylic acids is 1. The first-order valence-electron chi connectivity index (χ1n) is 7.25. The highest BCUT2D eigenvalue weighted by atomic mass is 16.5. The second kappa shape index (κ2) is 6.39. The molecular formula is C17H18N2O2. The highest BCUT2D eigenvalue weighted by Gasteiger charge is 2.14. The van der Waals surface area contributed by atoms with Crippen molar-refractivity contribution in [1.82, 2.24) is 10.5 Å². The number of hydrogen-bond donors (Lipinski definition) is 1. The third-order valence-corrected chi connectivity index (χ3v) is 3.65. The van der Waals surface area contributed by atoms with Gasteiger partial charge in [0.1, 0.15) is 5.69 Å². The van der Waals surface area contributed by atoms with E-state index in [1.165, 1.54) is 0 Å². The van der Waals surface area contributed by atoms with Crippen LogP contribution in [-0.2, 0) is 11.3 Å². The number of aromatic nitrogens is 1. The molecule has 1 aliphatic carbocycles. The van der Waals surface area contributed by atoms with Gasteiger partial charge in [-0.25, -0.2) is 0 Å². The van der Waals surface area contributed by atoms with Gasteiger partial charge in [0.25, 0.3) is 0 Å². The minimum Gasteiger partial charge on any atom is -0.359 e. The van der Waals surface area contributed by atoms with Crippen molar-refractivity contribution < 1.29 is 9.32 Å². The number of hydrogen-bond acceptors (Lipinski definition) is 3. The van der Waals surface area contributed by atoms with Crippen LogP contribution in [0.3, 0.4) is 0 Å². The second-order valence-corrected chi connectivity index (χ2v) is 5.29. The minimum atomic E-state index is 0.0595. The van der Waals surface area contributed by atoms with Gasteiger partial charge in [0.05, 0.1) is 6.54 Å². The van der Waals surface area contributed by atoms with E-state index in [1.54, 1.807) is 0 Å². The lowest BCUT2D eigenvalue weighted by molar-refractivity contribution is -0.121. The lowest BCUT2D eigenvalue weighted by atomic mass is 10.1. The highest BCUT2D eigenvalue weighted by Crippen LogP contribution is 2.20. The predicted octanol–water partition coefficient (Wildman–Crippen LogP) is 3.31. The van der Waals surface area contributed by atoms with E-state index in [4.69, 9.17) is 4.52 Å². The Morgan fingerprint density at radius 2 is 2.19 bits per heavy atom. The van der Waals surface area contributed by atoms with Gasteiger partial charge in [-0.2, -0.15) is 0 Å². The summed E-state index contributed by atoms with van der Waals surface area (Å²) in [6.07, 6.45) is 6.98. The molecule has 21 heavy (non-hydrogen) atoms. The first kappa shape index (κ1) is 13.6. The van der Waals surface area contributed by atoms with Gasteiger partial charge in [-0.05, 0) is 18.8 Å². The summed E-state index contributed by atoms with van der Waals surface area (Å²) in [7, 11) is 0. The molecule has 0 saturated heterocycles. The lowest BCUT2D eigenvalue weighted by Crippen LogP contribution is -2.24. The van der Waals surface area contributed by atoms with E-state index in [0.717, 1.165) is 24.1 Å². The normalized spacial score (nSPS) is 17.0. The number of allylic oxidation sites excluding steroid dienone is 2. The van der Waals surface area contributed by atoms with Gasteiger partial charge in [0.2, 0.25) is 5.91 Å². The number of carbonyl (C=O) groups is 1.